The predicted molar refractivity (Wildman–Crippen MR) is 161 cm³/mol. The lowest BCUT2D eigenvalue weighted by atomic mass is 10.2. The van der Waals surface area contributed by atoms with Crippen LogP contribution in [0.5, 0.6) is 0 Å². The van der Waals surface area contributed by atoms with Gasteiger partial charge in [-0.3, -0.25) is 20.0 Å². The summed E-state index contributed by atoms with van der Waals surface area (Å²) in [6.45, 7) is 0. The third-order valence-corrected chi connectivity index (χ3v) is 5.68. The molecule has 0 radical (unpaired) electrons. The van der Waals surface area contributed by atoms with Gasteiger partial charge in [0.25, 0.3) is 0 Å². The van der Waals surface area contributed by atoms with Crippen molar-refractivity contribution in [2.75, 3.05) is 0 Å². The number of nitrogens with zero attached hydrogens (tertiary/aromatic N) is 4. The molecule has 5 rings (SSSR count). The molecule has 0 fully saturated rings. The van der Waals surface area contributed by atoms with Crippen molar-refractivity contribution < 1.29 is 0 Å². The van der Waals surface area contributed by atoms with E-state index < -0.39 is 0 Å². The summed E-state index contributed by atoms with van der Waals surface area (Å²) < 4.78 is 0. The van der Waals surface area contributed by atoms with Gasteiger partial charge in [-0.05, 0) is 34.4 Å². The van der Waals surface area contributed by atoms with E-state index >= 15 is 0 Å². The molecule has 0 aliphatic carbocycles. The van der Waals surface area contributed by atoms with Crippen LogP contribution in [-0.4, -0.2) is 24.9 Å². The van der Waals surface area contributed by atoms with Crippen LogP contribution in [0.15, 0.2) is 153 Å². The summed E-state index contributed by atoms with van der Waals surface area (Å²) >= 11 is 0. The quantitative estimate of drug-likeness (QED) is 0.195. The molecular weight excluding hydrogens is 464 g/mol. The van der Waals surface area contributed by atoms with Gasteiger partial charge >= 0.3 is 0 Å². The SMILES string of the molecule is C(=N\c1cc(/N=C/c2ccccc2)c(/N=C/c2ccccc2)cc1/N=C/c1ccccc1)/c1ccccc1. The Hall–Kier alpha value is -5.22. The fourth-order valence-corrected chi connectivity index (χ4v) is 3.70. The minimum Gasteiger partial charge on any atom is -0.254 e. The highest BCUT2D eigenvalue weighted by Gasteiger charge is 2.09. The van der Waals surface area contributed by atoms with Crippen molar-refractivity contribution >= 4 is 47.6 Å². The molecule has 0 spiro atoms. The van der Waals surface area contributed by atoms with Gasteiger partial charge in [0.15, 0.2) is 0 Å². The summed E-state index contributed by atoms with van der Waals surface area (Å²) in [6.07, 6.45) is 7.37. The minimum atomic E-state index is 0.708. The van der Waals surface area contributed by atoms with E-state index in [4.69, 9.17) is 20.0 Å². The Morgan fingerprint density at radius 1 is 0.289 bits per heavy atom. The third-order valence-electron chi connectivity index (χ3n) is 5.68. The molecule has 0 amide bonds. The van der Waals surface area contributed by atoms with Crippen molar-refractivity contribution in [3.63, 3.8) is 0 Å². The van der Waals surface area contributed by atoms with Crippen molar-refractivity contribution in [3.8, 4) is 0 Å². The summed E-state index contributed by atoms with van der Waals surface area (Å²) in [5.74, 6) is 0. The van der Waals surface area contributed by atoms with E-state index in [9.17, 15) is 0 Å². The van der Waals surface area contributed by atoms with Crippen LogP contribution in [0.3, 0.4) is 0 Å². The molecule has 5 aromatic rings. The fourth-order valence-electron chi connectivity index (χ4n) is 3.70. The van der Waals surface area contributed by atoms with Gasteiger partial charge in [-0.2, -0.15) is 0 Å². The summed E-state index contributed by atoms with van der Waals surface area (Å²) in [7, 11) is 0. The zero-order chi connectivity index (χ0) is 25.8. The van der Waals surface area contributed by atoms with E-state index in [0.717, 1.165) is 22.3 Å². The highest BCUT2D eigenvalue weighted by Crippen LogP contribution is 2.40. The van der Waals surface area contributed by atoms with E-state index in [1.807, 2.05) is 158 Å². The van der Waals surface area contributed by atoms with Crippen LogP contribution in [-0.2, 0) is 0 Å². The van der Waals surface area contributed by atoms with Crippen molar-refractivity contribution in [2.24, 2.45) is 20.0 Å². The molecule has 38 heavy (non-hydrogen) atoms. The largest absolute Gasteiger partial charge is 0.254 e. The van der Waals surface area contributed by atoms with Gasteiger partial charge in [0.1, 0.15) is 0 Å². The molecule has 0 saturated heterocycles. The first-order chi connectivity index (χ1) is 18.8. The van der Waals surface area contributed by atoms with Gasteiger partial charge in [-0.15, -0.1) is 0 Å². The first kappa shape index (κ1) is 24.5. The molecule has 5 aromatic carbocycles. The smallest absolute Gasteiger partial charge is 0.0909 e. The Morgan fingerprint density at radius 3 is 0.711 bits per heavy atom. The maximum absolute atomic E-state index is 4.80. The third kappa shape index (κ3) is 6.93. The minimum absolute atomic E-state index is 0.708. The zero-order valence-electron chi connectivity index (χ0n) is 20.8. The van der Waals surface area contributed by atoms with Gasteiger partial charge < -0.3 is 0 Å². The van der Waals surface area contributed by atoms with Gasteiger partial charge in [-0.25, -0.2) is 0 Å². The van der Waals surface area contributed by atoms with Crippen molar-refractivity contribution in [1.29, 1.82) is 0 Å². The number of aliphatic imine (C=N–C) groups is 4. The standard InChI is InChI=1S/C34H26N4/c1-5-13-27(14-6-1)23-35-31-21-33(37-25-29-17-9-3-10-18-29)34(38-26-30-19-11-4-12-20-30)22-32(31)36-24-28-15-7-2-8-16-28/h1-26H/b35-23+,36-24+,37-25+,38-26+. The fraction of sp³-hybridized carbons (Fsp3) is 0. The lowest BCUT2D eigenvalue weighted by Crippen LogP contribution is -1.84. The zero-order valence-corrected chi connectivity index (χ0v) is 20.8. The molecule has 0 N–H and O–H groups in total. The van der Waals surface area contributed by atoms with Gasteiger partial charge in [0.05, 0.1) is 22.7 Å². The van der Waals surface area contributed by atoms with Gasteiger partial charge in [0.2, 0.25) is 0 Å². The number of hydrogen-bond acceptors (Lipinski definition) is 4. The predicted octanol–water partition coefficient (Wildman–Crippen LogP) is 8.69. The topological polar surface area (TPSA) is 49.4 Å². The van der Waals surface area contributed by atoms with Crippen LogP contribution >= 0.6 is 0 Å². The van der Waals surface area contributed by atoms with Crippen LogP contribution in [0.1, 0.15) is 22.3 Å². The van der Waals surface area contributed by atoms with E-state index in [0.29, 0.717) is 22.7 Å². The van der Waals surface area contributed by atoms with E-state index in [2.05, 4.69) is 0 Å². The molecular formula is C34H26N4. The van der Waals surface area contributed by atoms with Crippen molar-refractivity contribution in [1.82, 2.24) is 0 Å². The van der Waals surface area contributed by atoms with Crippen molar-refractivity contribution in [2.45, 2.75) is 0 Å². The normalized spacial score (nSPS) is 11.8. The Bertz CT molecular complexity index is 1330. The van der Waals surface area contributed by atoms with Crippen LogP contribution in [0, 0.1) is 0 Å². The molecule has 0 aliphatic heterocycles. The Kier molecular flexibility index (Phi) is 8.15. The average Bonchev–Trinajstić information content (AvgIpc) is 2.99. The molecule has 182 valence electrons. The summed E-state index contributed by atoms with van der Waals surface area (Å²) in [5, 5.41) is 0. The van der Waals surface area contributed by atoms with E-state index in [1.165, 1.54) is 0 Å². The maximum atomic E-state index is 4.80. The molecule has 0 heterocycles. The summed E-state index contributed by atoms with van der Waals surface area (Å²) in [6, 6.07) is 43.9. The molecule has 0 aliphatic rings. The average molecular weight is 491 g/mol. The highest BCUT2D eigenvalue weighted by molar-refractivity contribution is 5.92. The van der Waals surface area contributed by atoms with Crippen LogP contribution < -0.4 is 0 Å². The summed E-state index contributed by atoms with van der Waals surface area (Å²) in [5.41, 5.74) is 6.86. The van der Waals surface area contributed by atoms with E-state index in [1.54, 1.807) is 0 Å². The monoisotopic (exact) mass is 490 g/mol. The second-order valence-electron chi connectivity index (χ2n) is 8.51. The summed E-state index contributed by atoms with van der Waals surface area (Å²) in [4.78, 5) is 19.2. The lowest BCUT2D eigenvalue weighted by Gasteiger charge is -2.07. The molecule has 4 nitrogen and oxygen atoms in total. The number of rotatable bonds is 8. The highest BCUT2D eigenvalue weighted by atomic mass is 14.9. The van der Waals surface area contributed by atoms with Gasteiger partial charge in [-0.1, -0.05) is 121 Å². The number of benzene rings is 5. The molecule has 0 aromatic heterocycles. The van der Waals surface area contributed by atoms with Crippen LogP contribution in [0.25, 0.3) is 0 Å². The second-order valence-corrected chi connectivity index (χ2v) is 8.51. The first-order valence-electron chi connectivity index (χ1n) is 12.4. The Balaban J connectivity index is 1.60. The van der Waals surface area contributed by atoms with Gasteiger partial charge in [0, 0.05) is 24.9 Å². The Labute approximate surface area is 223 Å². The van der Waals surface area contributed by atoms with E-state index in [-0.39, 0.29) is 0 Å². The molecule has 0 bridgehead atoms. The lowest BCUT2D eigenvalue weighted by molar-refractivity contribution is 1.40. The second kappa shape index (κ2) is 12.7. The van der Waals surface area contributed by atoms with Crippen LogP contribution in [0.2, 0.25) is 0 Å². The van der Waals surface area contributed by atoms with Crippen molar-refractivity contribution in [3.05, 3.63) is 156 Å². The molecule has 0 unspecified atom stereocenters. The maximum Gasteiger partial charge on any atom is 0.0909 e. The molecule has 4 heteroatoms. The molecule has 0 atom stereocenters. The van der Waals surface area contributed by atoms with Crippen LogP contribution in [0.4, 0.5) is 22.7 Å². The Morgan fingerprint density at radius 2 is 0.500 bits per heavy atom. The first-order valence-corrected chi connectivity index (χ1v) is 12.4. The number of hydrogen-bond donors (Lipinski definition) is 0. The molecule has 0 saturated carbocycles.